The van der Waals surface area contributed by atoms with Crippen molar-refractivity contribution in [1.29, 1.82) is 0 Å². The minimum absolute atomic E-state index is 0.242. The first kappa shape index (κ1) is 23.0. The highest BCUT2D eigenvalue weighted by Crippen LogP contribution is 2.33. The maximum atomic E-state index is 13.0. The van der Waals surface area contributed by atoms with Gasteiger partial charge in [0.2, 0.25) is 15.9 Å². The Morgan fingerprint density at radius 2 is 1.81 bits per heavy atom. The van der Waals surface area contributed by atoms with Gasteiger partial charge in [0.25, 0.3) is 0 Å². The van der Waals surface area contributed by atoms with Crippen molar-refractivity contribution in [3.05, 3.63) is 47.0 Å². The Balaban J connectivity index is 1.81. The molecule has 1 aliphatic heterocycles. The van der Waals surface area contributed by atoms with Gasteiger partial charge in [-0.15, -0.1) is 0 Å². The van der Waals surface area contributed by atoms with Crippen LogP contribution in [0.15, 0.2) is 36.4 Å². The number of ether oxygens (including phenoxy) is 3. The number of fused-ring (bicyclic) bond motifs is 1. The lowest BCUT2D eigenvalue weighted by atomic mass is 10.1. The van der Waals surface area contributed by atoms with Gasteiger partial charge in [-0.1, -0.05) is 17.7 Å². The summed E-state index contributed by atoms with van der Waals surface area (Å²) in [6, 6.07) is 8.58. The summed E-state index contributed by atoms with van der Waals surface area (Å²) >= 11 is 6.16. The van der Waals surface area contributed by atoms with Gasteiger partial charge >= 0.3 is 0 Å². The smallest absolute Gasteiger partial charge is 0.244 e. The van der Waals surface area contributed by atoms with Crippen LogP contribution in [-0.2, 0) is 14.8 Å². The molecule has 0 unspecified atom stereocenters. The Bertz CT molecular complexity index is 1080. The number of rotatable bonds is 7. The SMILES string of the molecule is COc1ccc(N([C@H](C)C(=O)N[C@H](C)c2ccc3c(c2)OCCO3)S(C)(=O)=O)cc1Cl. The zero-order chi connectivity index (χ0) is 22.8. The van der Waals surface area contributed by atoms with Crippen molar-refractivity contribution in [3.63, 3.8) is 0 Å². The van der Waals surface area contributed by atoms with Crippen LogP contribution in [0.25, 0.3) is 0 Å². The molecule has 0 radical (unpaired) electrons. The average Bonchev–Trinajstić information content (AvgIpc) is 2.72. The number of anilines is 1. The van der Waals surface area contributed by atoms with Crippen molar-refractivity contribution in [2.24, 2.45) is 0 Å². The summed E-state index contributed by atoms with van der Waals surface area (Å²) in [5, 5.41) is 3.10. The lowest BCUT2D eigenvalue weighted by molar-refractivity contribution is -0.122. The molecule has 1 aliphatic rings. The maximum Gasteiger partial charge on any atom is 0.244 e. The summed E-state index contributed by atoms with van der Waals surface area (Å²) in [6.45, 7) is 4.28. The number of carbonyl (C=O) groups is 1. The highest BCUT2D eigenvalue weighted by molar-refractivity contribution is 7.92. The minimum atomic E-state index is -3.77. The third-order valence-corrected chi connectivity index (χ3v) is 6.44. The molecule has 1 heterocycles. The monoisotopic (exact) mass is 468 g/mol. The molecule has 2 aromatic rings. The Hall–Kier alpha value is -2.65. The highest BCUT2D eigenvalue weighted by atomic mass is 35.5. The van der Waals surface area contributed by atoms with Crippen LogP contribution in [0, 0.1) is 0 Å². The molecule has 0 bridgehead atoms. The fourth-order valence-corrected chi connectivity index (χ4v) is 4.77. The van der Waals surface area contributed by atoms with Gasteiger partial charge in [-0.3, -0.25) is 9.10 Å². The van der Waals surface area contributed by atoms with E-state index in [4.69, 9.17) is 25.8 Å². The fourth-order valence-electron chi connectivity index (χ4n) is 3.35. The molecular weight excluding hydrogens is 444 g/mol. The zero-order valence-electron chi connectivity index (χ0n) is 17.7. The molecule has 0 spiro atoms. The number of sulfonamides is 1. The molecule has 0 aliphatic carbocycles. The molecule has 31 heavy (non-hydrogen) atoms. The third-order valence-electron chi connectivity index (χ3n) is 4.90. The van der Waals surface area contributed by atoms with Gasteiger partial charge in [0, 0.05) is 0 Å². The summed E-state index contributed by atoms with van der Waals surface area (Å²) in [5.41, 5.74) is 1.08. The second-order valence-corrected chi connectivity index (χ2v) is 9.45. The number of amides is 1. The summed E-state index contributed by atoms with van der Waals surface area (Å²) in [6.07, 6.45) is 1.04. The van der Waals surface area contributed by atoms with Crippen LogP contribution < -0.4 is 23.8 Å². The molecule has 1 N–H and O–H groups in total. The number of nitrogens with zero attached hydrogens (tertiary/aromatic N) is 1. The molecule has 10 heteroatoms. The van der Waals surface area contributed by atoms with E-state index < -0.39 is 22.0 Å². The third kappa shape index (κ3) is 5.16. The van der Waals surface area contributed by atoms with E-state index in [9.17, 15) is 13.2 Å². The molecule has 3 rings (SSSR count). The van der Waals surface area contributed by atoms with Gasteiger partial charge in [0.1, 0.15) is 25.0 Å². The van der Waals surface area contributed by atoms with Gasteiger partial charge in [0.05, 0.1) is 30.1 Å². The van der Waals surface area contributed by atoms with E-state index >= 15 is 0 Å². The second-order valence-electron chi connectivity index (χ2n) is 7.19. The second kappa shape index (κ2) is 9.23. The van der Waals surface area contributed by atoms with E-state index in [2.05, 4.69) is 5.32 Å². The Morgan fingerprint density at radius 1 is 1.13 bits per heavy atom. The Kier molecular flexibility index (Phi) is 6.86. The number of carbonyl (C=O) groups excluding carboxylic acids is 1. The predicted molar refractivity (Wildman–Crippen MR) is 119 cm³/mol. The lowest BCUT2D eigenvalue weighted by Crippen LogP contribution is -2.48. The first-order valence-corrected chi connectivity index (χ1v) is 11.9. The van der Waals surface area contributed by atoms with Gasteiger partial charge in [-0.25, -0.2) is 8.42 Å². The quantitative estimate of drug-likeness (QED) is 0.670. The predicted octanol–water partition coefficient (Wildman–Crippen LogP) is 3.15. The molecule has 0 aromatic heterocycles. The maximum absolute atomic E-state index is 13.0. The van der Waals surface area contributed by atoms with Crippen molar-refractivity contribution >= 4 is 33.2 Å². The molecule has 8 nitrogen and oxygen atoms in total. The van der Waals surface area contributed by atoms with Crippen molar-refractivity contribution < 1.29 is 27.4 Å². The minimum Gasteiger partial charge on any atom is -0.495 e. The number of methoxy groups -OCH3 is 1. The summed E-state index contributed by atoms with van der Waals surface area (Å²) in [7, 11) is -2.31. The topological polar surface area (TPSA) is 94.2 Å². The molecule has 2 aromatic carbocycles. The number of hydrogen-bond donors (Lipinski definition) is 1. The average molecular weight is 469 g/mol. The van der Waals surface area contributed by atoms with Crippen LogP contribution in [-0.4, -0.2) is 46.9 Å². The van der Waals surface area contributed by atoms with Crippen molar-refractivity contribution in [3.8, 4) is 17.2 Å². The zero-order valence-corrected chi connectivity index (χ0v) is 19.3. The number of hydrogen-bond acceptors (Lipinski definition) is 6. The molecule has 1 amide bonds. The van der Waals surface area contributed by atoms with Gasteiger partial charge in [0.15, 0.2) is 11.5 Å². The molecule has 0 saturated heterocycles. The number of halogens is 1. The molecule has 0 fully saturated rings. The number of benzene rings is 2. The van der Waals surface area contributed by atoms with Gasteiger partial charge in [-0.2, -0.15) is 0 Å². The van der Waals surface area contributed by atoms with Crippen molar-refractivity contribution in [2.75, 3.05) is 30.9 Å². The first-order chi connectivity index (χ1) is 14.6. The van der Waals surface area contributed by atoms with Crippen LogP contribution in [0.4, 0.5) is 5.69 Å². The van der Waals surface area contributed by atoms with Crippen LogP contribution >= 0.6 is 11.6 Å². The summed E-state index contributed by atoms with van der Waals surface area (Å²) in [5.74, 6) is 1.22. The van der Waals surface area contributed by atoms with Crippen LogP contribution in [0.1, 0.15) is 25.5 Å². The highest BCUT2D eigenvalue weighted by Gasteiger charge is 2.30. The fraction of sp³-hybridized carbons (Fsp3) is 0.381. The van der Waals surface area contributed by atoms with Crippen LogP contribution in [0.3, 0.4) is 0 Å². The van der Waals surface area contributed by atoms with E-state index in [1.807, 2.05) is 19.1 Å². The van der Waals surface area contributed by atoms with E-state index in [0.29, 0.717) is 30.5 Å². The first-order valence-electron chi connectivity index (χ1n) is 9.64. The molecule has 2 atom stereocenters. The van der Waals surface area contributed by atoms with Gasteiger partial charge < -0.3 is 19.5 Å². The molecule has 168 valence electrons. The van der Waals surface area contributed by atoms with E-state index in [-0.39, 0.29) is 16.8 Å². The Morgan fingerprint density at radius 3 is 2.42 bits per heavy atom. The molecular formula is C21H25ClN2O6S. The standard InChI is InChI=1S/C21H25ClN2O6S/c1-13(15-5-7-19-20(11-15)30-10-9-29-19)23-21(25)14(2)24(31(4,26)27)16-6-8-18(28-3)17(22)12-16/h5-8,11-14H,9-10H2,1-4H3,(H,23,25)/t13-,14-/m1/s1. The van der Waals surface area contributed by atoms with E-state index in [1.54, 1.807) is 18.2 Å². The van der Waals surface area contributed by atoms with E-state index in [0.717, 1.165) is 16.1 Å². The van der Waals surface area contributed by atoms with Crippen molar-refractivity contribution in [2.45, 2.75) is 25.9 Å². The molecule has 0 saturated carbocycles. The lowest BCUT2D eigenvalue weighted by Gasteiger charge is -2.29. The van der Waals surface area contributed by atoms with E-state index in [1.165, 1.54) is 20.1 Å². The largest absolute Gasteiger partial charge is 0.495 e. The normalized spacial score (nSPS) is 15.0. The summed E-state index contributed by atoms with van der Waals surface area (Å²) in [4.78, 5) is 13.0. The van der Waals surface area contributed by atoms with Gasteiger partial charge in [-0.05, 0) is 49.7 Å². The number of nitrogens with one attached hydrogen (secondary N) is 1. The van der Waals surface area contributed by atoms with Crippen LogP contribution in [0.5, 0.6) is 17.2 Å². The Labute approximate surface area is 187 Å². The summed E-state index contributed by atoms with van der Waals surface area (Å²) < 4.78 is 42.3. The van der Waals surface area contributed by atoms with Crippen LogP contribution in [0.2, 0.25) is 5.02 Å². The van der Waals surface area contributed by atoms with Crippen molar-refractivity contribution in [1.82, 2.24) is 5.32 Å².